The third-order valence-electron chi connectivity index (χ3n) is 3.66. The van der Waals surface area contributed by atoms with Crippen molar-refractivity contribution in [3.63, 3.8) is 0 Å². The lowest BCUT2D eigenvalue weighted by Gasteiger charge is -2.24. The number of carbonyl (C=O) groups excluding carboxylic acids is 1. The summed E-state index contributed by atoms with van der Waals surface area (Å²) in [4.78, 5) is 12.2. The molecule has 1 N–H and O–H groups in total. The van der Waals surface area contributed by atoms with Crippen molar-refractivity contribution in [3.05, 3.63) is 35.9 Å². The summed E-state index contributed by atoms with van der Waals surface area (Å²) in [5, 5.41) is 10.4. The predicted octanol–water partition coefficient (Wildman–Crippen LogP) is 2.88. The summed E-state index contributed by atoms with van der Waals surface area (Å²) in [7, 11) is 0. The Balaban J connectivity index is 2.03. The van der Waals surface area contributed by atoms with Crippen LogP contribution < -0.4 is 0 Å². The number of benzene rings is 1. The molecule has 1 aliphatic rings. The lowest BCUT2D eigenvalue weighted by Crippen LogP contribution is -2.39. The Morgan fingerprint density at radius 3 is 2.24 bits per heavy atom. The van der Waals surface area contributed by atoms with Gasteiger partial charge in [-0.15, -0.1) is 0 Å². The maximum absolute atomic E-state index is 12.2. The Morgan fingerprint density at radius 2 is 1.65 bits per heavy atom. The van der Waals surface area contributed by atoms with Crippen LogP contribution in [0.2, 0.25) is 0 Å². The van der Waals surface area contributed by atoms with Crippen molar-refractivity contribution in [2.75, 3.05) is 0 Å². The van der Waals surface area contributed by atoms with Crippen LogP contribution in [0.5, 0.6) is 0 Å². The van der Waals surface area contributed by atoms with Crippen molar-refractivity contribution < 1.29 is 9.90 Å². The van der Waals surface area contributed by atoms with Gasteiger partial charge in [-0.2, -0.15) is 0 Å². The highest BCUT2D eigenvalue weighted by Gasteiger charge is 2.35. The minimum atomic E-state index is -1.06. The number of Topliss-reactive ketones (excluding diaryl/α,β-unsaturated/α-hetero) is 1. The van der Waals surface area contributed by atoms with Crippen LogP contribution in [0.25, 0.3) is 0 Å². The second-order valence-corrected chi connectivity index (χ2v) is 5.03. The first kappa shape index (κ1) is 12.3. The first-order chi connectivity index (χ1) is 8.21. The van der Waals surface area contributed by atoms with E-state index >= 15 is 0 Å². The summed E-state index contributed by atoms with van der Waals surface area (Å²) in [6, 6.07) is 9.68. The van der Waals surface area contributed by atoms with Gasteiger partial charge in [-0.05, 0) is 18.4 Å². The molecule has 0 saturated heterocycles. The molecule has 0 unspecified atom stereocenters. The highest BCUT2D eigenvalue weighted by molar-refractivity contribution is 5.88. The normalized spacial score (nSPS) is 19.6. The Morgan fingerprint density at radius 1 is 1.06 bits per heavy atom. The Kier molecular flexibility index (Phi) is 3.95. The molecule has 92 valence electrons. The van der Waals surface area contributed by atoms with Gasteiger partial charge >= 0.3 is 0 Å². The standard InChI is InChI=1S/C15H20O2/c16-14(12-13-8-4-3-5-9-13)15(17)10-6-1-2-7-11-15/h3-5,8-9,17H,1-2,6-7,10-12H2. The van der Waals surface area contributed by atoms with E-state index in [4.69, 9.17) is 0 Å². The lowest BCUT2D eigenvalue weighted by molar-refractivity contribution is -0.138. The Labute approximate surface area is 103 Å². The van der Waals surface area contributed by atoms with E-state index in [9.17, 15) is 9.90 Å². The summed E-state index contributed by atoms with van der Waals surface area (Å²) in [6.07, 6.45) is 5.85. The Bertz CT molecular complexity index is 362. The first-order valence-corrected chi connectivity index (χ1v) is 6.50. The van der Waals surface area contributed by atoms with E-state index in [1.54, 1.807) is 0 Å². The van der Waals surface area contributed by atoms with E-state index in [2.05, 4.69) is 0 Å². The monoisotopic (exact) mass is 232 g/mol. The minimum absolute atomic E-state index is 0.00870. The molecule has 0 spiro atoms. The Hall–Kier alpha value is -1.15. The summed E-state index contributed by atoms with van der Waals surface area (Å²) in [5.74, 6) is -0.00870. The van der Waals surface area contributed by atoms with E-state index in [1.165, 1.54) is 0 Å². The van der Waals surface area contributed by atoms with Crippen molar-refractivity contribution in [2.24, 2.45) is 0 Å². The van der Waals surface area contributed by atoms with Crippen LogP contribution in [0.15, 0.2) is 30.3 Å². The molecule has 0 aromatic heterocycles. The summed E-state index contributed by atoms with van der Waals surface area (Å²) >= 11 is 0. The van der Waals surface area contributed by atoms with Gasteiger partial charge in [0.15, 0.2) is 5.78 Å². The van der Waals surface area contributed by atoms with Crippen molar-refractivity contribution in [1.82, 2.24) is 0 Å². The molecule has 2 heteroatoms. The smallest absolute Gasteiger partial charge is 0.168 e. The molecule has 1 aromatic carbocycles. The fraction of sp³-hybridized carbons (Fsp3) is 0.533. The van der Waals surface area contributed by atoms with E-state index in [0.717, 1.165) is 31.2 Å². The number of carbonyl (C=O) groups is 1. The molecule has 0 bridgehead atoms. The molecule has 1 aliphatic carbocycles. The molecule has 0 radical (unpaired) electrons. The lowest BCUT2D eigenvalue weighted by atomic mass is 9.86. The number of rotatable bonds is 3. The SMILES string of the molecule is O=C(Cc1ccccc1)C1(O)CCCCCC1. The maximum Gasteiger partial charge on any atom is 0.168 e. The molecule has 0 amide bonds. The molecule has 2 nitrogen and oxygen atoms in total. The molecule has 1 fully saturated rings. The van der Waals surface area contributed by atoms with Crippen molar-refractivity contribution in [3.8, 4) is 0 Å². The zero-order valence-corrected chi connectivity index (χ0v) is 10.2. The summed E-state index contributed by atoms with van der Waals surface area (Å²) < 4.78 is 0. The van der Waals surface area contributed by atoms with E-state index in [1.807, 2.05) is 30.3 Å². The molecule has 0 aliphatic heterocycles. The van der Waals surface area contributed by atoms with Gasteiger partial charge in [0.2, 0.25) is 0 Å². The topological polar surface area (TPSA) is 37.3 Å². The molecule has 1 saturated carbocycles. The average molecular weight is 232 g/mol. The van der Waals surface area contributed by atoms with Gasteiger partial charge in [0, 0.05) is 6.42 Å². The van der Waals surface area contributed by atoms with E-state index < -0.39 is 5.60 Å². The molecular formula is C15H20O2. The van der Waals surface area contributed by atoms with Crippen LogP contribution in [0.1, 0.15) is 44.1 Å². The van der Waals surface area contributed by atoms with Crippen LogP contribution in [0, 0.1) is 0 Å². The van der Waals surface area contributed by atoms with Gasteiger partial charge in [-0.25, -0.2) is 0 Å². The quantitative estimate of drug-likeness (QED) is 0.814. The molecule has 0 atom stereocenters. The molecular weight excluding hydrogens is 212 g/mol. The highest BCUT2D eigenvalue weighted by Crippen LogP contribution is 2.28. The third kappa shape index (κ3) is 3.16. The second-order valence-electron chi connectivity index (χ2n) is 5.03. The largest absolute Gasteiger partial charge is 0.382 e. The second kappa shape index (κ2) is 5.46. The van der Waals surface area contributed by atoms with Crippen molar-refractivity contribution in [1.29, 1.82) is 0 Å². The number of hydrogen-bond donors (Lipinski definition) is 1. The molecule has 17 heavy (non-hydrogen) atoms. The molecule has 1 aromatic rings. The van der Waals surface area contributed by atoms with Gasteiger partial charge < -0.3 is 5.11 Å². The van der Waals surface area contributed by atoms with Gasteiger partial charge in [-0.1, -0.05) is 56.0 Å². The van der Waals surface area contributed by atoms with Crippen LogP contribution >= 0.6 is 0 Å². The van der Waals surface area contributed by atoms with Gasteiger partial charge in [0.05, 0.1) is 0 Å². The number of hydrogen-bond acceptors (Lipinski definition) is 2. The fourth-order valence-electron chi connectivity index (χ4n) is 2.54. The van der Waals surface area contributed by atoms with Gasteiger partial charge in [0.1, 0.15) is 5.60 Å². The predicted molar refractivity (Wildman–Crippen MR) is 67.8 cm³/mol. The zero-order chi connectivity index (χ0) is 12.1. The van der Waals surface area contributed by atoms with Gasteiger partial charge in [-0.3, -0.25) is 4.79 Å². The highest BCUT2D eigenvalue weighted by atomic mass is 16.3. The van der Waals surface area contributed by atoms with E-state index in [-0.39, 0.29) is 5.78 Å². The molecule has 0 heterocycles. The number of ketones is 1. The molecule has 2 rings (SSSR count). The number of aliphatic hydroxyl groups is 1. The first-order valence-electron chi connectivity index (χ1n) is 6.50. The van der Waals surface area contributed by atoms with Gasteiger partial charge in [0.25, 0.3) is 0 Å². The zero-order valence-electron chi connectivity index (χ0n) is 10.2. The van der Waals surface area contributed by atoms with Crippen molar-refractivity contribution >= 4 is 5.78 Å². The van der Waals surface area contributed by atoms with Crippen LogP contribution in [-0.4, -0.2) is 16.5 Å². The van der Waals surface area contributed by atoms with Crippen LogP contribution in [0.3, 0.4) is 0 Å². The van der Waals surface area contributed by atoms with Crippen LogP contribution in [0.4, 0.5) is 0 Å². The maximum atomic E-state index is 12.2. The van der Waals surface area contributed by atoms with Crippen LogP contribution in [-0.2, 0) is 11.2 Å². The van der Waals surface area contributed by atoms with E-state index in [0.29, 0.717) is 19.3 Å². The fourth-order valence-corrected chi connectivity index (χ4v) is 2.54. The third-order valence-corrected chi connectivity index (χ3v) is 3.66. The average Bonchev–Trinajstić information content (AvgIpc) is 2.56. The summed E-state index contributed by atoms with van der Waals surface area (Å²) in [6.45, 7) is 0. The summed E-state index contributed by atoms with van der Waals surface area (Å²) in [5.41, 5.74) is -0.0676. The minimum Gasteiger partial charge on any atom is -0.382 e. The van der Waals surface area contributed by atoms with Crippen molar-refractivity contribution in [2.45, 2.75) is 50.5 Å².